The first kappa shape index (κ1) is 16.7. The molecule has 0 amide bonds. The van der Waals surface area contributed by atoms with Crippen LogP contribution in [0.2, 0.25) is 0 Å². The quantitative estimate of drug-likeness (QED) is 0.807. The smallest absolute Gasteiger partial charge is 0.147 e. The first-order chi connectivity index (χ1) is 12.2. The molecule has 6 heteroatoms. The Morgan fingerprint density at radius 3 is 2.84 bits per heavy atom. The summed E-state index contributed by atoms with van der Waals surface area (Å²) >= 11 is 0. The van der Waals surface area contributed by atoms with Crippen molar-refractivity contribution in [2.75, 3.05) is 13.1 Å². The first-order valence-corrected chi connectivity index (χ1v) is 9.18. The van der Waals surface area contributed by atoms with Gasteiger partial charge in [-0.25, -0.2) is 4.39 Å². The second-order valence-corrected chi connectivity index (χ2v) is 7.17. The average molecular weight is 344 g/mol. The van der Waals surface area contributed by atoms with Gasteiger partial charge in [0.25, 0.3) is 0 Å². The van der Waals surface area contributed by atoms with E-state index in [1.54, 1.807) is 12.1 Å². The fourth-order valence-electron chi connectivity index (χ4n) is 3.64. The number of aromatic nitrogens is 3. The Labute approximate surface area is 147 Å². The number of rotatable bonds is 6. The predicted molar refractivity (Wildman–Crippen MR) is 92.5 cm³/mol. The Morgan fingerprint density at radius 2 is 2.04 bits per heavy atom. The van der Waals surface area contributed by atoms with Gasteiger partial charge in [-0.3, -0.25) is 4.90 Å². The van der Waals surface area contributed by atoms with Crippen molar-refractivity contribution < 1.29 is 9.13 Å². The molecule has 1 saturated heterocycles. The van der Waals surface area contributed by atoms with E-state index in [0.717, 1.165) is 44.1 Å². The van der Waals surface area contributed by atoms with E-state index in [9.17, 15) is 4.39 Å². The largest absolute Gasteiger partial charge is 0.372 e. The van der Waals surface area contributed by atoms with E-state index in [-0.39, 0.29) is 11.9 Å². The minimum absolute atomic E-state index is 0.145. The molecule has 4 rings (SSSR count). The summed E-state index contributed by atoms with van der Waals surface area (Å²) in [5, 5.41) is 8.64. The van der Waals surface area contributed by atoms with Crippen LogP contribution in [0.5, 0.6) is 0 Å². The number of piperidine rings is 1. The fraction of sp³-hybridized carbons (Fsp3) is 0.579. The van der Waals surface area contributed by atoms with Crippen LogP contribution < -0.4 is 0 Å². The molecule has 1 aliphatic carbocycles. The van der Waals surface area contributed by atoms with Crippen molar-refractivity contribution in [3.8, 4) is 0 Å². The fourth-order valence-corrected chi connectivity index (χ4v) is 3.64. The molecule has 1 atom stereocenters. The highest BCUT2D eigenvalue weighted by molar-refractivity contribution is 5.16. The zero-order valence-electron chi connectivity index (χ0n) is 14.7. The molecule has 25 heavy (non-hydrogen) atoms. The summed E-state index contributed by atoms with van der Waals surface area (Å²) in [5.41, 5.74) is 0.628. The summed E-state index contributed by atoms with van der Waals surface area (Å²) in [6.07, 6.45) is 4.74. The Kier molecular flexibility index (Phi) is 4.81. The van der Waals surface area contributed by atoms with Gasteiger partial charge in [0, 0.05) is 18.2 Å². The molecule has 0 N–H and O–H groups in total. The number of benzene rings is 1. The van der Waals surface area contributed by atoms with Crippen molar-refractivity contribution in [1.29, 1.82) is 0 Å². The summed E-state index contributed by atoms with van der Waals surface area (Å²) < 4.78 is 22.0. The van der Waals surface area contributed by atoms with Gasteiger partial charge in [-0.1, -0.05) is 18.2 Å². The van der Waals surface area contributed by atoms with Crippen LogP contribution in [0.15, 0.2) is 24.3 Å². The lowest BCUT2D eigenvalue weighted by Gasteiger charge is -2.32. The number of likely N-dealkylation sites (tertiary alicyclic amines) is 1. The molecule has 1 aromatic heterocycles. The summed E-state index contributed by atoms with van der Waals surface area (Å²) in [5.74, 6) is 1.89. The van der Waals surface area contributed by atoms with Gasteiger partial charge in [-0.15, -0.1) is 10.2 Å². The molecule has 1 saturated carbocycles. The third kappa shape index (κ3) is 3.90. The van der Waals surface area contributed by atoms with Gasteiger partial charge in [0.15, 0.2) is 0 Å². The Hall–Kier alpha value is -1.79. The van der Waals surface area contributed by atoms with E-state index in [1.807, 2.05) is 13.0 Å². The summed E-state index contributed by atoms with van der Waals surface area (Å²) in [6, 6.07) is 7.43. The highest BCUT2D eigenvalue weighted by atomic mass is 19.1. The third-order valence-corrected chi connectivity index (χ3v) is 5.11. The SMILES string of the molecule is Cc1nnc(CN2CCC[C@H](OCc3ccccc3F)C2)n1C1CC1. The van der Waals surface area contributed by atoms with Crippen LogP contribution in [0.3, 0.4) is 0 Å². The van der Waals surface area contributed by atoms with E-state index in [1.165, 1.54) is 18.9 Å². The maximum absolute atomic E-state index is 13.7. The van der Waals surface area contributed by atoms with E-state index in [0.29, 0.717) is 18.2 Å². The number of ether oxygens (including phenoxy) is 1. The maximum Gasteiger partial charge on any atom is 0.147 e. The molecule has 5 nitrogen and oxygen atoms in total. The molecule has 0 unspecified atom stereocenters. The van der Waals surface area contributed by atoms with Crippen LogP contribution in [-0.2, 0) is 17.9 Å². The number of halogens is 1. The Bertz CT molecular complexity index is 728. The standard InChI is InChI=1S/C19H25FN4O/c1-14-21-22-19(24(14)16-8-9-16)12-23-10-4-6-17(11-23)25-13-15-5-2-3-7-18(15)20/h2-3,5,7,16-17H,4,6,8-13H2,1H3/t17-/m0/s1. The molecule has 2 fully saturated rings. The van der Waals surface area contributed by atoms with Gasteiger partial charge in [-0.2, -0.15) is 0 Å². The molecule has 1 aliphatic heterocycles. The topological polar surface area (TPSA) is 43.2 Å². The minimum Gasteiger partial charge on any atom is -0.372 e. The molecule has 0 bridgehead atoms. The average Bonchev–Trinajstić information content (AvgIpc) is 3.38. The van der Waals surface area contributed by atoms with E-state index in [4.69, 9.17) is 4.74 Å². The van der Waals surface area contributed by atoms with Crippen molar-refractivity contribution in [1.82, 2.24) is 19.7 Å². The van der Waals surface area contributed by atoms with Gasteiger partial charge in [0.2, 0.25) is 0 Å². The van der Waals surface area contributed by atoms with E-state index in [2.05, 4.69) is 19.7 Å². The van der Waals surface area contributed by atoms with Gasteiger partial charge in [0.1, 0.15) is 17.5 Å². The van der Waals surface area contributed by atoms with Crippen LogP contribution in [0.25, 0.3) is 0 Å². The lowest BCUT2D eigenvalue weighted by molar-refractivity contribution is -0.0138. The molecular weight excluding hydrogens is 319 g/mol. The first-order valence-electron chi connectivity index (χ1n) is 9.18. The lowest BCUT2D eigenvalue weighted by atomic mass is 10.1. The van der Waals surface area contributed by atoms with Crippen LogP contribution in [0.1, 0.15) is 48.9 Å². The van der Waals surface area contributed by atoms with Gasteiger partial charge in [-0.05, 0) is 45.2 Å². The van der Waals surface area contributed by atoms with Gasteiger partial charge in [0.05, 0.1) is 19.3 Å². The van der Waals surface area contributed by atoms with Crippen molar-refractivity contribution in [2.45, 2.75) is 57.9 Å². The van der Waals surface area contributed by atoms with Crippen LogP contribution in [0, 0.1) is 12.7 Å². The third-order valence-electron chi connectivity index (χ3n) is 5.11. The summed E-state index contributed by atoms with van der Waals surface area (Å²) in [4.78, 5) is 2.39. The number of hydrogen-bond acceptors (Lipinski definition) is 4. The highest BCUT2D eigenvalue weighted by Crippen LogP contribution is 2.36. The van der Waals surface area contributed by atoms with Crippen molar-refractivity contribution in [3.63, 3.8) is 0 Å². The lowest BCUT2D eigenvalue weighted by Crippen LogP contribution is -2.39. The maximum atomic E-state index is 13.7. The number of aryl methyl sites for hydroxylation is 1. The molecule has 0 spiro atoms. The number of hydrogen-bond donors (Lipinski definition) is 0. The zero-order chi connectivity index (χ0) is 17.2. The number of nitrogens with zero attached hydrogens (tertiary/aromatic N) is 4. The van der Waals surface area contributed by atoms with Gasteiger partial charge < -0.3 is 9.30 Å². The molecule has 2 aromatic rings. The molecule has 2 aliphatic rings. The molecule has 0 radical (unpaired) electrons. The Balaban J connectivity index is 1.34. The van der Waals surface area contributed by atoms with Crippen LogP contribution in [0.4, 0.5) is 4.39 Å². The van der Waals surface area contributed by atoms with Gasteiger partial charge >= 0.3 is 0 Å². The van der Waals surface area contributed by atoms with Crippen molar-refractivity contribution in [3.05, 3.63) is 47.3 Å². The monoisotopic (exact) mass is 344 g/mol. The normalized spacial score (nSPS) is 21.6. The van der Waals surface area contributed by atoms with Crippen LogP contribution in [-0.4, -0.2) is 38.9 Å². The summed E-state index contributed by atoms with van der Waals surface area (Å²) in [6.45, 7) is 5.10. The summed E-state index contributed by atoms with van der Waals surface area (Å²) in [7, 11) is 0. The molecular formula is C19H25FN4O. The van der Waals surface area contributed by atoms with E-state index >= 15 is 0 Å². The Morgan fingerprint density at radius 1 is 1.20 bits per heavy atom. The van der Waals surface area contributed by atoms with E-state index < -0.39 is 0 Å². The highest BCUT2D eigenvalue weighted by Gasteiger charge is 2.29. The van der Waals surface area contributed by atoms with Crippen molar-refractivity contribution in [2.24, 2.45) is 0 Å². The molecule has 1 aromatic carbocycles. The second kappa shape index (κ2) is 7.22. The van der Waals surface area contributed by atoms with Crippen molar-refractivity contribution >= 4 is 0 Å². The molecule has 2 heterocycles. The zero-order valence-corrected chi connectivity index (χ0v) is 14.7. The minimum atomic E-state index is -0.192. The predicted octanol–water partition coefficient (Wildman–Crippen LogP) is 3.24. The molecule has 134 valence electrons. The second-order valence-electron chi connectivity index (χ2n) is 7.17. The van der Waals surface area contributed by atoms with Crippen LogP contribution >= 0.6 is 0 Å².